The third-order valence-corrected chi connectivity index (χ3v) is 6.69. The van der Waals surface area contributed by atoms with Crippen LogP contribution in [0.2, 0.25) is 15.1 Å². The number of carbonyl (C=O) groups excluding carboxylic acids is 3. The molecule has 0 aromatic heterocycles. The summed E-state index contributed by atoms with van der Waals surface area (Å²) < 4.78 is 0. The number of fused-ring (bicyclic) bond motifs is 1. The van der Waals surface area contributed by atoms with Gasteiger partial charge in [-0.3, -0.25) is 14.4 Å². The molecule has 1 aliphatic carbocycles. The number of halogens is 3. The van der Waals surface area contributed by atoms with E-state index in [1.165, 1.54) is 5.01 Å². The molecule has 8 heteroatoms. The number of amides is 3. The predicted octanol–water partition coefficient (Wildman–Crippen LogP) is 5.38. The SMILES string of the molecule is O=C(c1ccc(Cl)cc1)N(Cc1ccc(Cl)c(Cl)c1)N1C(=O)[C@H]2CCCC[C@@H]2C1=O. The van der Waals surface area contributed by atoms with Gasteiger partial charge in [0.25, 0.3) is 17.7 Å². The van der Waals surface area contributed by atoms with Gasteiger partial charge in [0.1, 0.15) is 0 Å². The molecule has 2 aromatic carbocycles. The zero-order chi connectivity index (χ0) is 21.4. The van der Waals surface area contributed by atoms with E-state index in [-0.39, 0.29) is 30.2 Å². The molecule has 0 bridgehead atoms. The highest BCUT2D eigenvalue weighted by Crippen LogP contribution is 2.39. The first-order valence-electron chi connectivity index (χ1n) is 9.76. The van der Waals surface area contributed by atoms with E-state index in [0.29, 0.717) is 39.0 Å². The third-order valence-electron chi connectivity index (χ3n) is 5.70. The Morgan fingerprint density at radius 3 is 2.07 bits per heavy atom. The highest BCUT2D eigenvalue weighted by Gasteiger charge is 2.51. The van der Waals surface area contributed by atoms with Crippen molar-refractivity contribution < 1.29 is 14.4 Å². The number of carbonyl (C=O) groups is 3. The minimum absolute atomic E-state index is 0.00920. The Labute approximate surface area is 189 Å². The monoisotopic (exact) mass is 464 g/mol. The fourth-order valence-electron chi connectivity index (χ4n) is 4.17. The smallest absolute Gasteiger partial charge is 0.272 e. The van der Waals surface area contributed by atoms with Crippen molar-refractivity contribution in [1.82, 2.24) is 10.0 Å². The summed E-state index contributed by atoms with van der Waals surface area (Å²) in [6.07, 6.45) is 3.15. The second-order valence-electron chi connectivity index (χ2n) is 7.60. The topological polar surface area (TPSA) is 57.7 Å². The van der Waals surface area contributed by atoms with Crippen molar-refractivity contribution in [3.8, 4) is 0 Å². The van der Waals surface area contributed by atoms with E-state index in [1.54, 1.807) is 42.5 Å². The number of hydrogen-bond acceptors (Lipinski definition) is 3. The number of nitrogens with zero attached hydrogens (tertiary/aromatic N) is 2. The highest BCUT2D eigenvalue weighted by atomic mass is 35.5. The molecule has 1 saturated carbocycles. The van der Waals surface area contributed by atoms with Crippen LogP contribution in [0.1, 0.15) is 41.6 Å². The van der Waals surface area contributed by atoms with Crippen molar-refractivity contribution in [1.29, 1.82) is 0 Å². The third kappa shape index (κ3) is 3.94. The summed E-state index contributed by atoms with van der Waals surface area (Å²) in [7, 11) is 0. The first-order valence-corrected chi connectivity index (χ1v) is 10.9. The van der Waals surface area contributed by atoms with Gasteiger partial charge in [-0.25, -0.2) is 5.01 Å². The van der Waals surface area contributed by atoms with Gasteiger partial charge in [-0.05, 0) is 54.8 Å². The van der Waals surface area contributed by atoms with Crippen LogP contribution in [0.5, 0.6) is 0 Å². The second-order valence-corrected chi connectivity index (χ2v) is 8.85. The number of rotatable bonds is 4. The molecular formula is C22H19Cl3N2O3. The molecule has 0 unspecified atom stereocenters. The van der Waals surface area contributed by atoms with Crippen molar-refractivity contribution in [3.05, 3.63) is 68.7 Å². The summed E-state index contributed by atoms with van der Waals surface area (Å²) in [4.78, 5) is 39.6. The molecule has 1 heterocycles. The molecular weight excluding hydrogens is 447 g/mol. The largest absolute Gasteiger partial charge is 0.273 e. The van der Waals surface area contributed by atoms with E-state index in [2.05, 4.69) is 0 Å². The Balaban J connectivity index is 1.71. The lowest BCUT2D eigenvalue weighted by Gasteiger charge is -2.30. The molecule has 1 saturated heterocycles. The van der Waals surface area contributed by atoms with Crippen molar-refractivity contribution in [2.75, 3.05) is 0 Å². The number of benzene rings is 2. The van der Waals surface area contributed by atoms with Gasteiger partial charge >= 0.3 is 0 Å². The van der Waals surface area contributed by atoms with Crippen molar-refractivity contribution in [3.63, 3.8) is 0 Å². The van der Waals surface area contributed by atoms with E-state index >= 15 is 0 Å². The summed E-state index contributed by atoms with van der Waals surface area (Å²) in [5.74, 6) is -1.81. The lowest BCUT2D eigenvalue weighted by molar-refractivity contribution is -0.155. The number of imide groups is 1. The molecule has 2 atom stereocenters. The normalized spacial score (nSPS) is 21.0. The van der Waals surface area contributed by atoms with Crippen LogP contribution in [0, 0.1) is 11.8 Å². The van der Waals surface area contributed by atoms with E-state index < -0.39 is 5.91 Å². The van der Waals surface area contributed by atoms with Gasteiger partial charge in [-0.15, -0.1) is 0 Å². The van der Waals surface area contributed by atoms with E-state index in [1.807, 2.05) is 0 Å². The average Bonchev–Trinajstić information content (AvgIpc) is 2.99. The summed E-state index contributed by atoms with van der Waals surface area (Å²) in [6.45, 7) is 0.00920. The molecule has 2 aromatic rings. The molecule has 2 fully saturated rings. The maximum absolute atomic E-state index is 13.4. The molecule has 2 aliphatic rings. The molecule has 0 spiro atoms. The summed E-state index contributed by atoms with van der Waals surface area (Å²) in [5.41, 5.74) is 0.983. The number of hydrazine groups is 1. The van der Waals surface area contributed by atoms with Gasteiger partial charge in [-0.2, -0.15) is 5.01 Å². The molecule has 4 rings (SSSR count). The Kier molecular flexibility index (Phi) is 6.05. The van der Waals surface area contributed by atoms with Crippen molar-refractivity contribution in [2.45, 2.75) is 32.2 Å². The maximum atomic E-state index is 13.4. The molecule has 156 valence electrons. The van der Waals surface area contributed by atoms with Crippen LogP contribution in [-0.4, -0.2) is 27.7 Å². The molecule has 30 heavy (non-hydrogen) atoms. The quantitative estimate of drug-likeness (QED) is 0.570. The second kappa shape index (κ2) is 8.58. The lowest BCUT2D eigenvalue weighted by atomic mass is 9.81. The van der Waals surface area contributed by atoms with Gasteiger partial charge in [0.15, 0.2) is 0 Å². The van der Waals surface area contributed by atoms with Crippen LogP contribution in [0.3, 0.4) is 0 Å². The lowest BCUT2D eigenvalue weighted by Crippen LogP contribution is -2.49. The zero-order valence-corrected chi connectivity index (χ0v) is 18.3. The van der Waals surface area contributed by atoms with Gasteiger partial charge < -0.3 is 0 Å². The fraction of sp³-hybridized carbons (Fsp3) is 0.318. The first-order chi connectivity index (χ1) is 14.4. The molecule has 0 N–H and O–H groups in total. The minimum atomic E-state index is -0.460. The van der Waals surface area contributed by atoms with Crippen LogP contribution in [0.25, 0.3) is 0 Å². The van der Waals surface area contributed by atoms with Gasteiger partial charge in [0, 0.05) is 10.6 Å². The van der Waals surface area contributed by atoms with Gasteiger partial charge in [0.05, 0.1) is 28.4 Å². The summed E-state index contributed by atoms with van der Waals surface area (Å²) >= 11 is 18.1. The minimum Gasteiger partial charge on any atom is -0.272 e. The molecule has 0 radical (unpaired) electrons. The highest BCUT2D eigenvalue weighted by molar-refractivity contribution is 6.42. The van der Waals surface area contributed by atoms with E-state index in [9.17, 15) is 14.4 Å². The van der Waals surface area contributed by atoms with Crippen molar-refractivity contribution in [2.24, 2.45) is 11.8 Å². The summed E-state index contributed by atoms with van der Waals surface area (Å²) in [6, 6.07) is 11.3. The van der Waals surface area contributed by atoms with Gasteiger partial charge in [-0.1, -0.05) is 53.7 Å². The molecule has 1 aliphatic heterocycles. The van der Waals surface area contributed by atoms with Gasteiger partial charge in [0.2, 0.25) is 0 Å². The van der Waals surface area contributed by atoms with Crippen molar-refractivity contribution >= 4 is 52.5 Å². The predicted molar refractivity (Wildman–Crippen MR) is 115 cm³/mol. The zero-order valence-electron chi connectivity index (χ0n) is 16.0. The number of hydrogen-bond donors (Lipinski definition) is 0. The Bertz CT molecular complexity index is 985. The Morgan fingerprint density at radius 2 is 1.50 bits per heavy atom. The van der Waals surface area contributed by atoms with Crippen LogP contribution >= 0.6 is 34.8 Å². The Morgan fingerprint density at radius 1 is 0.900 bits per heavy atom. The molecule has 5 nitrogen and oxygen atoms in total. The van der Waals surface area contributed by atoms with Crippen LogP contribution in [0.15, 0.2) is 42.5 Å². The van der Waals surface area contributed by atoms with E-state index in [4.69, 9.17) is 34.8 Å². The van der Waals surface area contributed by atoms with Crippen LogP contribution in [0.4, 0.5) is 0 Å². The Hall–Kier alpha value is -2.08. The van der Waals surface area contributed by atoms with E-state index in [0.717, 1.165) is 17.9 Å². The maximum Gasteiger partial charge on any atom is 0.273 e. The summed E-state index contributed by atoms with van der Waals surface area (Å²) in [5, 5.41) is 3.46. The molecule has 3 amide bonds. The van der Waals surface area contributed by atoms with Crippen LogP contribution < -0.4 is 0 Å². The first kappa shape index (κ1) is 21.2. The van der Waals surface area contributed by atoms with Crippen LogP contribution in [-0.2, 0) is 16.1 Å². The average molecular weight is 466 g/mol. The fourth-order valence-corrected chi connectivity index (χ4v) is 4.62. The standard InChI is InChI=1S/C22H19Cl3N2O3/c23-15-8-6-14(7-9-15)20(28)26(12-13-5-10-18(24)19(25)11-13)27-21(29)16-3-1-2-4-17(16)22(27)30/h5-11,16-17H,1-4,12H2/t16-,17-/m0/s1.